The van der Waals surface area contributed by atoms with Crippen molar-refractivity contribution in [1.29, 1.82) is 0 Å². The number of hydrogen-bond acceptors (Lipinski definition) is 4. The summed E-state index contributed by atoms with van der Waals surface area (Å²) in [7, 11) is 0. The molecule has 146 valence electrons. The summed E-state index contributed by atoms with van der Waals surface area (Å²) >= 11 is 0. The molecule has 0 aliphatic carbocycles. The van der Waals surface area contributed by atoms with E-state index in [2.05, 4.69) is 34.6 Å². The van der Waals surface area contributed by atoms with Crippen molar-refractivity contribution in [1.82, 2.24) is 10.6 Å². The molecule has 1 saturated heterocycles. The molecule has 2 aliphatic rings. The molecule has 1 unspecified atom stereocenters. The first-order valence-corrected chi connectivity index (χ1v) is 9.86. The van der Waals surface area contributed by atoms with Crippen LogP contribution in [-0.2, 0) is 9.53 Å². The third-order valence-corrected chi connectivity index (χ3v) is 5.38. The molecule has 1 atom stereocenters. The van der Waals surface area contributed by atoms with Crippen LogP contribution in [0.3, 0.4) is 0 Å². The average Bonchev–Trinajstić information content (AvgIpc) is 2.68. The standard InChI is InChI=1S/C21H29N3O3/c1-4-17-18(20(25)27-5-2)19(23-21(26)22-17)15-6-8-16(9-7-15)24-12-10-14(3)11-13-24/h6-9,14,19H,4-5,10-13H2,1-3H3,(H2,22,23,26). The predicted molar refractivity (Wildman–Crippen MR) is 105 cm³/mol. The van der Waals surface area contributed by atoms with Gasteiger partial charge in [0.25, 0.3) is 0 Å². The third-order valence-electron chi connectivity index (χ3n) is 5.38. The van der Waals surface area contributed by atoms with Crippen LogP contribution in [0.4, 0.5) is 10.5 Å². The number of urea groups is 1. The number of carbonyl (C=O) groups is 2. The topological polar surface area (TPSA) is 70.7 Å². The summed E-state index contributed by atoms with van der Waals surface area (Å²) in [5.74, 6) is 0.399. The third kappa shape index (κ3) is 4.26. The summed E-state index contributed by atoms with van der Waals surface area (Å²) in [6, 6.07) is 7.36. The van der Waals surface area contributed by atoms with Crippen molar-refractivity contribution < 1.29 is 14.3 Å². The van der Waals surface area contributed by atoms with Crippen LogP contribution >= 0.6 is 0 Å². The van der Waals surface area contributed by atoms with E-state index in [1.807, 2.05) is 19.1 Å². The number of piperidine rings is 1. The number of anilines is 1. The molecule has 0 radical (unpaired) electrons. The number of ether oxygens (including phenoxy) is 1. The Labute approximate surface area is 161 Å². The molecule has 2 N–H and O–H groups in total. The minimum atomic E-state index is -0.497. The van der Waals surface area contributed by atoms with Gasteiger partial charge >= 0.3 is 12.0 Å². The maximum absolute atomic E-state index is 12.5. The molecule has 1 aromatic rings. The number of benzene rings is 1. The Morgan fingerprint density at radius 2 is 1.85 bits per heavy atom. The van der Waals surface area contributed by atoms with Crippen molar-refractivity contribution >= 4 is 17.7 Å². The summed E-state index contributed by atoms with van der Waals surface area (Å²) in [4.78, 5) is 27.0. The summed E-state index contributed by atoms with van der Waals surface area (Å²) in [6.45, 7) is 8.43. The van der Waals surface area contributed by atoms with Gasteiger partial charge in [-0.05, 0) is 49.8 Å². The van der Waals surface area contributed by atoms with E-state index < -0.39 is 6.04 Å². The van der Waals surface area contributed by atoms with E-state index in [-0.39, 0.29) is 12.0 Å². The number of carbonyl (C=O) groups excluding carboxylic acids is 2. The van der Waals surface area contributed by atoms with E-state index in [1.165, 1.54) is 18.5 Å². The van der Waals surface area contributed by atoms with Gasteiger partial charge in [0, 0.05) is 24.5 Å². The zero-order valence-corrected chi connectivity index (χ0v) is 16.4. The number of nitrogens with one attached hydrogen (secondary N) is 2. The number of nitrogens with zero attached hydrogens (tertiary/aromatic N) is 1. The first kappa shape index (κ1) is 19.3. The van der Waals surface area contributed by atoms with Crippen LogP contribution in [0.5, 0.6) is 0 Å². The fourth-order valence-corrected chi connectivity index (χ4v) is 3.74. The van der Waals surface area contributed by atoms with Gasteiger partial charge in [0.1, 0.15) is 0 Å². The van der Waals surface area contributed by atoms with Gasteiger partial charge in [-0.3, -0.25) is 0 Å². The van der Waals surface area contributed by atoms with E-state index >= 15 is 0 Å². The van der Waals surface area contributed by atoms with E-state index in [9.17, 15) is 9.59 Å². The maximum Gasteiger partial charge on any atom is 0.338 e. The lowest BCUT2D eigenvalue weighted by atomic mass is 9.93. The molecule has 0 spiro atoms. The van der Waals surface area contributed by atoms with Crippen LogP contribution in [0.25, 0.3) is 0 Å². The minimum absolute atomic E-state index is 0.293. The van der Waals surface area contributed by atoms with Crippen molar-refractivity contribution in [2.24, 2.45) is 5.92 Å². The predicted octanol–water partition coefficient (Wildman–Crippen LogP) is 3.50. The van der Waals surface area contributed by atoms with E-state index in [4.69, 9.17) is 4.74 Å². The van der Waals surface area contributed by atoms with Gasteiger partial charge in [-0.25, -0.2) is 9.59 Å². The second kappa shape index (κ2) is 8.46. The lowest BCUT2D eigenvalue weighted by molar-refractivity contribution is -0.139. The Hall–Kier alpha value is -2.50. The maximum atomic E-state index is 12.5. The quantitative estimate of drug-likeness (QED) is 0.777. The fraction of sp³-hybridized carbons (Fsp3) is 0.524. The minimum Gasteiger partial charge on any atom is -0.463 e. The molecule has 1 fully saturated rings. The van der Waals surface area contributed by atoms with Gasteiger partial charge in [-0.2, -0.15) is 0 Å². The van der Waals surface area contributed by atoms with Crippen molar-refractivity contribution in [3.05, 3.63) is 41.1 Å². The summed E-state index contributed by atoms with van der Waals surface area (Å²) in [5.41, 5.74) is 3.17. The van der Waals surface area contributed by atoms with E-state index in [1.54, 1.807) is 6.92 Å². The molecule has 27 heavy (non-hydrogen) atoms. The van der Waals surface area contributed by atoms with Crippen LogP contribution in [0, 0.1) is 5.92 Å². The molecule has 6 heteroatoms. The summed E-state index contributed by atoms with van der Waals surface area (Å²) < 4.78 is 5.23. The number of hydrogen-bond donors (Lipinski definition) is 2. The van der Waals surface area contributed by atoms with E-state index in [0.29, 0.717) is 24.3 Å². The Kier molecular flexibility index (Phi) is 6.04. The fourth-order valence-electron chi connectivity index (χ4n) is 3.74. The SMILES string of the molecule is CCOC(=O)C1=C(CC)NC(=O)NC1c1ccc(N2CCC(C)CC2)cc1. The monoisotopic (exact) mass is 371 g/mol. The zero-order chi connectivity index (χ0) is 19.4. The van der Waals surface area contributed by atoms with Crippen LogP contribution < -0.4 is 15.5 Å². The van der Waals surface area contributed by atoms with Gasteiger partial charge in [-0.1, -0.05) is 26.0 Å². The largest absolute Gasteiger partial charge is 0.463 e. The lowest BCUT2D eigenvalue weighted by Gasteiger charge is -2.33. The van der Waals surface area contributed by atoms with Crippen molar-refractivity contribution in [2.45, 2.75) is 46.1 Å². The summed E-state index contributed by atoms with van der Waals surface area (Å²) in [6.07, 6.45) is 2.98. The molecule has 1 aromatic carbocycles. The molecular weight excluding hydrogens is 342 g/mol. The zero-order valence-electron chi connectivity index (χ0n) is 16.4. The van der Waals surface area contributed by atoms with Gasteiger partial charge in [0.2, 0.25) is 0 Å². The van der Waals surface area contributed by atoms with Gasteiger partial charge < -0.3 is 20.3 Å². The number of amides is 2. The molecule has 0 saturated carbocycles. The van der Waals surface area contributed by atoms with Crippen LogP contribution in [0.15, 0.2) is 35.5 Å². The summed E-state index contributed by atoms with van der Waals surface area (Å²) in [5, 5.41) is 5.61. The molecule has 3 rings (SSSR count). The number of rotatable bonds is 5. The Morgan fingerprint density at radius 1 is 1.19 bits per heavy atom. The van der Waals surface area contributed by atoms with Crippen molar-refractivity contribution in [3.8, 4) is 0 Å². The van der Waals surface area contributed by atoms with Crippen LogP contribution in [0.2, 0.25) is 0 Å². The first-order valence-electron chi connectivity index (χ1n) is 9.86. The number of esters is 1. The molecule has 6 nitrogen and oxygen atoms in total. The van der Waals surface area contributed by atoms with Crippen molar-refractivity contribution in [3.63, 3.8) is 0 Å². The highest BCUT2D eigenvalue weighted by Crippen LogP contribution is 2.31. The van der Waals surface area contributed by atoms with Crippen molar-refractivity contribution in [2.75, 3.05) is 24.6 Å². The normalized spacial score (nSPS) is 20.9. The van der Waals surface area contributed by atoms with Gasteiger partial charge in [0.15, 0.2) is 0 Å². The molecule has 0 bridgehead atoms. The molecule has 0 aromatic heterocycles. The number of allylic oxidation sites excluding steroid dienone is 1. The molecule has 2 amide bonds. The first-order chi connectivity index (χ1) is 13.0. The van der Waals surface area contributed by atoms with Crippen LogP contribution in [0.1, 0.15) is 51.6 Å². The van der Waals surface area contributed by atoms with Gasteiger partial charge in [0.05, 0.1) is 18.2 Å². The second-order valence-corrected chi connectivity index (χ2v) is 7.26. The second-order valence-electron chi connectivity index (χ2n) is 7.26. The Morgan fingerprint density at radius 3 is 2.44 bits per heavy atom. The highest BCUT2D eigenvalue weighted by molar-refractivity contribution is 5.95. The van der Waals surface area contributed by atoms with Crippen LogP contribution in [-0.4, -0.2) is 31.7 Å². The average molecular weight is 371 g/mol. The molecule has 2 aliphatic heterocycles. The Balaban J connectivity index is 1.86. The lowest BCUT2D eigenvalue weighted by Crippen LogP contribution is -2.45. The van der Waals surface area contributed by atoms with E-state index in [0.717, 1.165) is 24.6 Å². The Bertz CT molecular complexity index is 719. The van der Waals surface area contributed by atoms with Gasteiger partial charge in [-0.15, -0.1) is 0 Å². The molecule has 2 heterocycles. The highest BCUT2D eigenvalue weighted by Gasteiger charge is 2.33. The molecular formula is C21H29N3O3. The smallest absolute Gasteiger partial charge is 0.338 e. The highest BCUT2D eigenvalue weighted by atomic mass is 16.5.